The summed E-state index contributed by atoms with van der Waals surface area (Å²) in [5.41, 5.74) is 1.63. The van der Waals surface area contributed by atoms with E-state index in [0.29, 0.717) is 23.8 Å². The summed E-state index contributed by atoms with van der Waals surface area (Å²) in [5, 5.41) is 3.58. The highest BCUT2D eigenvalue weighted by atomic mass is 16.2. The van der Waals surface area contributed by atoms with Gasteiger partial charge in [-0.3, -0.25) is 4.79 Å². The van der Waals surface area contributed by atoms with E-state index in [1.165, 1.54) is 44.9 Å². The Kier molecular flexibility index (Phi) is 4.06. The van der Waals surface area contributed by atoms with Crippen LogP contribution in [0.4, 0.5) is 0 Å². The maximum atomic E-state index is 13.3. The molecule has 6 atom stereocenters. The molecule has 0 aromatic carbocycles. The first-order valence-electron chi connectivity index (χ1n) is 10.1. The van der Waals surface area contributed by atoms with Gasteiger partial charge in [0, 0.05) is 11.5 Å². The molecule has 4 bridgehead atoms. The molecule has 4 rings (SSSR count). The number of hydrogen-bond acceptors (Lipinski definition) is 1. The fourth-order valence-corrected chi connectivity index (χ4v) is 6.54. The van der Waals surface area contributed by atoms with Crippen molar-refractivity contribution in [2.45, 2.75) is 84.1 Å². The van der Waals surface area contributed by atoms with Gasteiger partial charge in [0.25, 0.3) is 0 Å². The molecule has 23 heavy (non-hydrogen) atoms. The molecule has 3 fully saturated rings. The van der Waals surface area contributed by atoms with Crippen LogP contribution in [0.15, 0.2) is 11.6 Å². The van der Waals surface area contributed by atoms with E-state index in [-0.39, 0.29) is 5.41 Å². The summed E-state index contributed by atoms with van der Waals surface area (Å²) in [5.74, 6) is 3.16. The fourth-order valence-electron chi connectivity index (χ4n) is 6.54. The minimum absolute atomic E-state index is 0.0288. The zero-order chi connectivity index (χ0) is 16.0. The summed E-state index contributed by atoms with van der Waals surface area (Å²) in [6, 6.07) is 0.388. The average Bonchev–Trinajstić information content (AvgIpc) is 2.50. The molecule has 6 unspecified atom stereocenters. The normalized spacial score (nSPS) is 46.0. The molecule has 2 heteroatoms. The molecule has 1 N–H and O–H groups in total. The lowest BCUT2D eigenvalue weighted by molar-refractivity contribution is -0.139. The topological polar surface area (TPSA) is 29.1 Å². The van der Waals surface area contributed by atoms with E-state index in [2.05, 4.69) is 25.2 Å². The minimum Gasteiger partial charge on any atom is -0.352 e. The Morgan fingerprint density at radius 2 is 2.09 bits per heavy atom. The highest BCUT2D eigenvalue weighted by Gasteiger charge is 2.48. The summed E-state index contributed by atoms with van der Waals surface area (Å²) in [7, 11) is 0. The molecule has 128 valence electrons. The maximum Gasteiger partial charge on any atom is 0.226 e. The first-order valence-corrected chi connectivity index (χ1v) is 10.1. The van der Waals surface area contributed by atoms with Crippen molar-refractivity contribution in [1.29, 1.82) is 0 Å². The molecule has 0 aromatic heterocycles. The van der Waals surface area contributed by atoms with Gasteiger partial charge in [-0.2, -0.15) is 0 Å². The summed E-state index contributed by atoms with van der Waals surface area (Å²) >= 11 is 0. The lowest BCUT2D eigenvalue weighted by Crippen LogP contribution is -2.54. The Morgan fingerprint density at radius 1 is 1.22 bits per heavy atom. The van der Waals surface area contributed by atoms with Gasteiger partial charge in [-0.15, -0.1) is 0 Å². The molecule has 4 aliphatic rings. The highest BCUT2D eigenvalue weighted by molar-refractivity contribution is 5.83. The number of carbonyl (C=O) groups is 1. The molecule has 3 saturated carbocycles. The second-order valence-corrected chi connectivity index (χ2v) is 9.33. The van der Waals surface area contributed by atoms with Crippen LogP contribution in [-0.2, 0) is 4.79 Å². The first kappa shape index (κ1) is 15.7. The van der Waals surface area contributed by atoms with Gasteiger partial charge in [0.15, 0.2) is 0 Å². The molecule has 1 amide bonds. The molecule has 0 radical (unpaired) electrons. The molecular formula is C21H33NO. The zero-order valence-corrected chi connectivity index (χ0v) is 14.9. The lowest BCUT2D eigenvalue weighted by Gasteiger charge is -2.48. The second kappa shape index (κ2) is 5.93. The molecule has 0 heterocycles. The van der Waals surface area contributed by atoms with Gasteiger partial charge in [-0.1, -0.05) is 38.3 Å². The fraction of sp³-hybridized carbons (Fsp3) is 0.857. The van der Waals surface area contributed by atoms with Crippen LogP contribution in [0.3, 0.4) is 0 Å². The van der Waals surface area contributed by atoms with E-state index in [9.17, 15) is 4.79 Å². The van der Waals surface area contributed by atoms with Crippen LogP contribution >= 0.6 is 0 Å². The average molecular weight is 316 g/mol. The number of amides is 1. The van der Waals surface area contributed by atoms with E-state index >= 15 is 0 Å². The van der Waals surface area contributed by atoms with E-state index in [1.54, 1.807) is 5.57 Å². The van der Waals surface area contributed by atoms with Crippen LogP contribution in [0.5, 0.6) is 0 Å². The zero-order valence-electron chi connectivity index (χ0n) is 14.9. The van der Waals surface area contributed by atoms with Crippen LogP contribution in [-0.4, -0.2) is 11.9 Å². The van der Waals surface area contributed by atoms with E-state index in [4.69, 9.17) is 0 Å². The van der Waals surface area contributed by atoms with Crippen LogP contribution in [0.2, 0.25) is 0 Å². The van der Waals surface area contributed by atoms with Gasteiger partial charge in [0.05, 0.1) is 0 Å². The number of rotatable bonds is 2. The van der Waals surface area contributed by atoms with Crippen molar-refractivity contribution >= 4 is 5.91 Å². The Hall–Kier alpha value is -0.790. The quantitative estimate of drug-likeness (QED) is 0.726. The Bertz CT molecular complexity index is 506. The number of allylic oxidation sites excluding steroid dienone is 1. The Labute approximate surface area is 141 Å². The number of fused-ring (bicyclic) bond motifs is 4. The third-order valence-electron chi connectivity index (χ3n) is 7.37. The van der Waals surface area contributed by atoms with Gasteiger partial charge >= 0.3 is 0 Å². The van der Waals surface area contributed by atoms with Crippen molar-refractivity contribution in [2.24, 2.45) is 29.1 Å². The second-order valence-electron chi connectivity index (χ2n) is 9.33. The summed E-state index contributed by atoms with van der Waals surface area (Å²) in [6.07, 6.45) is 15.0. The predicted octanol–water partition coefficient (Wildman–Crippen LogP) is 4.84. The van der Waals surface area contributed by atoms with Gasteiger partial charge < -0.3 is 5.32 Å². The number of nitrogens with one attached hydrogen (secondary N) is 1. The summed E-state index contributed by atoms with van der Waals surface area (Å²) < 4.78 is 0. The van der Waals surface area contributed by atoms with Gasteiger partial charge in [-0.25, -0.2) is 0 Å². The van der Waals surface area contributed by atoms with Crippen LogP contribution in [0.25, 0.3) is 0 Å². The minimum atomic E-state index is -0.0288. The molecule has 4 aliphatic carbocycles. The van der Waals surface area contributed by atoms with Crippen molar-refractivity contribution in [3.63, 3.8) is 0 Å². The third-order valence-corrected chi connectivity index (χ3v) is 7.37. The predicted molar refractivity (Wildman–Crippen MR) is 93.9 cm³/mol. The molecule has 0 aromatic rings. The lowest BCUT2D eigenvalue weighted by atomic mass is 9.58. The van der Waals surface area contributed by atoms with Gasteiger partial charge in [0.1, 0.15) is 0 Å². The van der Waals surface area contributed by atoms with Crippen molar-refractivity contribution in [1.82, 2.24) is 5.32 Å². The summed E-state index contributed by atoms with van der Waals surface area (Å²) in [4.78, 5) is 13.3. The maximum absolute atomic E-state index is 13.3. The highest BCUT2D eigenvalue weighted by Crippen LogP contribution is 2.51. The Morgan fingerprint density at radius 3 is 2.96 bits per heavy atom. The van der Waals surface area contributed by atoms with Gasteiger partial charge in [0.2, 0.25) is 5.91 Å². The van der Waals surface area contributed by atoms with Crippen molar-refractivity contribution < 1.29 is 4.79 Å². The first-order chi connectivity index (χ1) is 11.1. The van der Waals surface area contributed by atoms with Crippen molar-refractivity contribution in [2.75, 3.05) is 0 Å². The number of carbonyl (C=O) groups excluding carboxylic acids is 1. The monoisotopic (exact) mass is 315 g/mol. The smallest absolute Gasteiger partial charge is 0.226 e. The molecule has 0 saturated heterocycles. The van der Waals surface area contributed by atoms with E-state index < -0.39 is 0 Å². The number of hydrogen-bond donors (Lipinski definition) is 1. The largest absolute Gasteiger partial charge is 0.352 e. The van der Waals surface area contributed by atoms with Crippen LogP contribution < -0.4 is 5.32 Å². The Balaban J connectivity index is 1.51. The van der Waals surface area contributed by atoms with Crippen molar-refractivity contribution in [3.05, 3.63) is 11.6 Å². The van der Waals surface area contributed by atoms with E-state index in [1.807, 2.05) is 0 Å². The van der Waals surface area contributed by atoms with Crippen LogP contribution in [0.1, 0.15) is 78.1 Å². The van der Waals surface area contributed by atoms with Crippen LogP contribution in [0, 0.1) is 29.1 Å². The van der Waals surface area contributed by atoms with Crippen molar-refractivity contribution in [3.8, 4) is 0 Å². The summed E-state index contributed by atoms with van der Waals surface area (Å²) in [6.45, 7) is 4.67. The molecular weight excluding hydrogens is 282 g/mol. The molecule has 2 nitrogen and oxygen atoms in total. The standard InChI is InChI=1S/C21H33NO/c1-14-9-17-6-4-8-21(12-14,13-17)20(23)22-19-15(2)10-16-5-3-7-18(19)11-16/h10,14-15,17-19H,3-9,11-13H2,1-2H3,(H,22,23). The van der Waals surface area contributed by atoms with E-state index in [0.717, 1.165) is 31.1 Å². The van der Waals surface area contributed by atoms with Gasteiger partial charge in [-0.05, 0) is 75.0 Å². The molecule has 0 aliphatic heterocycles. The molecule has 0 spiro atoms. The third kappa shape index (κ3) is 2.87. The SMILES string of the molecule is CC1CC2CCCC(C(=O)NC3C(C)C=C4CCCC3C4)(C1)C2.